The van der Waals surface area contributed by atoms with Crippen molar-refractivity contribution in [3.63, 3.8) is 0 Å². The van der Waals surface area contributed by atoms with Crippen molar-refractivity contribution in [2.75, 3.05) is 16.0 Å². The molecule has 0 radical (unpaired) electrons. The average molecular weight is 641 g/mol. The van der Waals surface area contributed by atoms with Crippen LogP contribution in [0.4, 0.5) is 35.0 Å². The van der Waals surface area contributed by atoms with E-state index in [2.05, 4.69) is 59.8 Å². The molecule has 0 aromatic heterocycles. The van der Waals surface area contributed by atoms with Gasteiger partial charge < -0.3 is 30.8 Å². The van der Waals surface area contributed by atoms with Crippen LogP contribution in [-0.4, -0.2) is 38.7 Å². The van der Waals surface area contributed by atoms with E-state index in [1.807, 2.05) is 24.3 Å². The Labute approximate surface area is 260 Å². The fraction of sp³-hybridized carbons (Fsp3) is 0.290. The predicted molar refractivity (Wildman–Crippen MR) is 172 cm³/mol. The van der Waals surface area contributed by atoms with Gasteiger partial charge in [-0.2, -0.15) is 13.2 Å². The number of hydrogen-bond donors (Lipinski definition) is 4. The van der Waals surface area contributed by atoms with Crippen LogP contribution in [0.3, 0.4) is 0 Å². The number of aliphatic imine (C=N–C) groups is 2. The number of carbonyl (C=O) groups is 2. The molecule has 45 heavy (non-hydrogen) atoms. The first-order valence-corrected chi connectivity index (χ1v) is 16.9. The lowest BCUT2D eigenvalue weighted by molar-refractivity contribution is -0.137. The molecule has 1 heterocycles. The number of ether oxygens (including phenoxy) is 1. The fourth-order valence-electron chi connectivity index (χ4n) is 3.90. The van der Waals surface area contributed by atoms with E-state index in [9.17, 15) is 22.8 Å². The standard InChI is InChI=1S/C31H35F3N6O4Si/c1-30(2,3)45(4,5)44-25-12-8-21(9-13-25)38-26-17-27(37-18-36-26)43-24-10-6-22(7-11-24)39-29(42)40-23-15-19(28(35)41)14-20(16-23)31(32,33)34/h6-16,18,27H,17H2,1-5H3,(H2,35,41)(H,36,37,38)(H2,39,40,42). The summed E-state index contributed by atoms with van der Waals surface area (Å²) in [6.07, 6.45) is -3.48. The summed E-state index contributed by atoms with van der Waals surface area (Å²) in [7, 11) is -1.94. The molecule has 0 bridgehead atoms. The highest BCUT2D eigenvalue weighted by atomic mass is 28.4. The smallest absolute Gasteiger partial charge is 0.416 e. The van der Waals surface area contributed by atoms with Crippen LogP contribution in [0.1, 0.15) is 43.1 Å². The molecule has 4 rings (SSSR count). The summed E-state index contributed by atoms with van der Waals surface area (Å²) in [5, 5.41) is 8.18. The zero-order valence-corrected chi connectivity index (χ0v) is 26.5. The van der Waals surface area contributed by atoms with Crippen molar-refractivity contribution < 1.29 is 31.9 Å². The predicted octanol–water partition coefficient (Wildman–Crippen LogP) is 7.48. The molecule has 1 unspecified atom stereocenters. The third-order valence-corrected chi connectivity index (χ3v) is 11.7. The number of rotatable bonds is 8. The largest absolute Gasteiger partial charge is 0.544 e. The Balaban J connectivity index is 1.30. The van der Waals surface area contributed by atoms with Crippen LogP contribution in [0.5, 0.6) is 11.5 Å². The number of nitrogens with one attached hydrogen (secondary N) is 3. The summed E-state index contributed by atoms with van der Waals surface area (Å²) in [4.78, 5) is 32.5. The molecule has 1 aliphatic rings. The highest BCUT2D eigenvalue weighted by Gasteiger charge is 2.39. The van der Waals surface area contributed by atoms with Crippen molar-refractivity contribution in [3.05, 3.63) is 77.9 Å². The molecule has 1 aliphatic heterocycles. The number of halogens is 3. The first-order chi connectivity index (χ1) is 21.0. The van der Waals surface area contributed by atoms with Gasteiger partial charge in [-0.15, -0.1) is 0 Å². The van der Waals surface area contributed by atoms with Crippen LogP contribution < -0.4 is 30.8 Å². The third kappa shape index (κ3) is 9.08. The Hall–Kier alpha value is -4.85. The normalized spacial score (nSPS) is 15.1. The molecule has 238 valence electrons. The van der Waals surface area contributed by atoms with Crippen molar-refractivity contribution >= 4 is 49.5 Å². The molecule has 3 amide bonds. The van der Waals surface area contributed by atoms with Gasteiger partial charge in [0.25, 0.3) is 0 Å². The third-order valence-electron chi connectivity index (χ3n) is 7.32. The lowest BCUT2D eigenvalue weighted by atomic mass is 10.1. The Morgan fingerprint density at radius 3 is 2.09 bits per heavy atom. The number of amides is 3. The van der Waals surface area contributed by atoms with E-state index in [0.717, 1.165) is 17.5 Å². The topological polar surface area (TPSA) is 139 Å². The molecule has 0 aliphatic carbocycles. The van der Waals surface area contributed by atoms with Gasteiger partial charge in [0.2, 0.25) is 14.2 Å². The molecular weight excluding hydrogens is 605 g/mol. The van der Waals surface area contributed by atoms with E-state index in [4.69, 9.17) is 14.9 Å². The molecule has 10 nitrogen and oxygen atoms in total. The monoisotopic (exact) mass is 640 g/mol. The number of amidine groups is 1. The number of hydrogen-bond acceptors (Lipinski definition) is 7. The average Bonchev–Trinajstić information content (AvgIpc) is 2.94. The van der Waals surface area contributed by atoms with Gasteiger partial charge in [0.15, 0.2) is 6.23 Å². The van der Waals surface area contributed by atoms with Gasteiger partial charge in [-0.1, -0.05) is 20.8 Å². The van der Waals surface area contributed by atoms with Crippen molar-refractivity contribution in [1.29, 1.82) is 0 Å². The molecule has 1 atom stereocenters. The van der Waals surface area contributed by atoms with Crippen LogP contribution in [0.15, 0.2) is 76.7 Å². The van der Waals surface area contributed by atoms with Crippen LogP contribution in [-0.2, 0) is 6.18 Å². The molecule has 0 spiro atoms. The molecule has 0 saturated carbocycles. The van der Waals surface area contributed by atoms with Gasteiger partial charge in [0.1, 0.15) is 23.7 Å². The maximum absolute atomic E-state index is 13.2. The van der Waals surface area contributed by atoms with E-state index in [1.54, 1.807) is 24.3 Å². The van der Waals surface area contributed by atoms with Crippen molar-refractivity contribution in [1.82, 2.24) is 0 Å². The second kappa shape index (κ2) is 13.0. The van der Waals surface area contributed by atoms with E-state index in [0.29, 0.717) is 35.8 Å². The van der Waals surface area contributed by atoms with Crippen molar-refractivity contribution in [3.8, 4) is 11.5 Å². The quantitative estimate of drug-likeness (QED) is 0.189. The molecule has 5 N–H and O–H groups in total. The van der Waals surface area contributed by atoms with E-state index < -0.39 is 38.2 Å². The Bertz CT molecular complexity index is 1600. The lowest BCUT2D eigenvalue weighted by Gasteiger charge is -2.36. The van der Waals surface area contributed by atoms with E-state index >= 15 is 0 Å². The summed E-state index contributed by atoms with van der Waals surface area (Å²) in [5.74, 6) is 0.902. The van der Waals surface area contributed by atoms with Crippen molar-refractivity contribution in [2.24, 2.45) is 15.7 Å². The maximum Gasteiger partial charge on any atom is 0.416 e. The molecule has 0 saturated heterocycles. The van der Waals surface area contributed by atoms with Gasteiger partial charge in [-0.25, -0.2) is 14.8 Å². The molecule has 14 heteroatoms. The fourth-order valence-corrected chi connectivity index (χ4v) is 4.93. The molecule has 0 fully saturated rings. The Morgan fingerprint density at radius 2 is 1.49 bits per heavy atom. The number of carbonyl (C=O) groups excluding carboxylic acids is 2. The maximum atomic E-state index is 13.2. The Kier molecular flexibility index (Phi) is 9.56. The minimum absolute atomic E-state index is 0.0925. The van der Waals surface area contributed by atoms with Crippen LogP contribution in [0.2, 0.25) is 18.1 Å². The first-order valence-electron chi connectivity index (χ1n) is 14.0. The van der Waals surface area contributed by atoms with E-state index in [-0.39, 0.29) is 16.3 Å². The van der Waals surface area contributed by atoms with E-state index in [1.165, 1.54) is 6.34 Å². The number of alkyl halides is 3. The van der Waals surface area contributed by atoms with Crippen LogP contribution in [0.25, 0.3) is 0 Å². The zero-order chi connectivity index (χ0) is 33.0. The van der Waals surface area contributed by atoms with Gasteiger partial charge in [-0.3, -0.25) is 4.79 Å². The lowest BCUT2D eigenvalue weighted by Crippen LogP contribution is -2.43. The van der Waals surface area contributed by atoms with Crippen LogP contribution in [0, 0.1) is 0 Å². The number of primary amides is 1. The molecule has 3 aromatic rings. The number of benzene rings is 3. The number of anilines is 3. The Morgan fingerprint density at radius 1 is 0.889 bits per heavy atom. The summed E-state index contributed by atoms with van der Waals surface area (Å²) < 4.78 is 51.9. The van der Waals surface area contributed by atoms with Gasteiger partial charge in [-0.05, 0) is 84.9 Å². The minimum atomic E-state index is -4.73. The van der Waals surface area contributed by atoms with Gasteiger partial charge in [0, 0.05) is 22.6 Å². The summed E-state index contributed by atoms with van der Waals surface area (Å²) in [6, 6.07) is 15.6. The van der Waals surface area contributed by atoms with Gasteiger partial charge in [0.05, 0.1) is 12.0 Å². The summed E-state index contributed by atoms with van der Waals surface area (Å²) in [5.41, 5.74) is 4.58. The second-order valence-electron chi connectivity index (χ2n) is 11.9. The summed E-state index contributed by atoms with van der Waals surface area (Å²) >= 11 is 0. The second-order valence-corrected chi connectivity index (χ2v) is 16.6. The van der Waals surface area contributed by atoms with Crippen molar-refractivity contribution in [2.45, 2.75) is 57.7 Å². The first kappa shape index (κ1) is 33.0. The SMILES string of the molecule is CC(C)(C)[Si](C)(C)Oc1ccc(NC2=NC=NC(Oc3ccc(NC(=O)Nc4cc(C(N)=O)cc(C(F)(F)F)c4)cc3)C2)cc1. The highest BCUT2D eigenvalue weighted by Crippen LogP contribution is 2.37. The zero-order valence-electron chi connectivity index (χ0n) is 25.5. The van der Waals surface area contributed by atoms with Gasteiger partial charge >= 0.3 is 12.2 Å². The number of nitrogens with two attached hydrogens (primary N) is 1. The highest BCUT2D eigenvalue weighted by molar-refractivity contribution is 6.74. The number of urea groups is 1. The summed E-state index contributed by atoms with van der Waals surface area (Å²) in [6.45, 7) is 11.0. The van der Waals surface area contributed by atoms with Crippen LogP contribution >= 0.6 is 0 Å². The minimum Gasteiger partial charge on any atom is -0.544 e. The molecular formula is C31H35F3N6O4Si. The number of nitrogens with zero attached hydrogens (tertiary/aromatic N) is 2. The molecule has 3 aromatic carbocycles.